The van der Waals surface area contributed by atoms with E-state index in [0.29, 0.717) is 67.9 Å². The minimum atomic E-state index is -0.436. The summed E-state index contributed by atoms with van der Waals surface area (Å²) in [6, 6.07) is 96.4. The highest BCUT2D eigenvalue weighted by atomic mass is 16.6. The van der Waals surface area contributed by atoms with Crippen molar-refractivity contribution in [3.63, 3.8) is 0 Å². The van der Waals surface area contributed by atoms with Gasteiger partial charge in [-0.3, -0.25) is 0 Å². The molecule has 106 heavy (non-hydrogen) atoms. The van der Waals surface area contributed by atoms with Crippen LogP contribution in [0.4, 0.5) is 0 Å². The molecule has 0 spiro atoms. The summed E-state index contributed by atoms with van der Waals surface area (Å²) in [4.78, 5) is 72.3. The van der Waals surface area contributed by atoms with Crippen LogP contribution in [0.25, 0.3) is 22.3 Å². The van der Waals surface area contributed by atoms with Gasteiger partial charge in [-0.2, -0.15) is 0 Å². The summed E-state index contributed by atoms with van der Waals surface area (Å²) in [5, 5.41) is 0. The summed E-state index contributed by atoms with van der Waals surface area (Å²) in [6.07, 6.45) is 0. The van der Waals surface area contributed by atoms with Crippen molar-refractivity contribution in [1.29, 1.82) is 0 Å². The second-order valence-corrected chi connectivity index (χ2v) is 25.4. The second kappa shape index (κ2) is 38.1. The maximum atomic E-state index is 12.3. The Labute approximate surface area is 620 Å². The number of carbonyl (C=O) groups is 6. The van der Waals surface area contributed by atoms with Gasteiger partial charge in [-0.15, -0.1) is 0 Å². The highest BCUT2D eigenvalue weighted by Gasteiger charge is 2.15. The molecule has 0 radical (unpaired) electrons. The predicted molar refractivity (Wildman–Crippen MR) is 419 cm³/mol. The first-order chi connectivity index (χ1) is 51.0. The van der Waals surface area contributed by atoms with Gasteiger partial charge in [-0.05, 0) is 237 Å². The first-order valence-electron chi connectivity index (χ1n) is 34.4. The fraction of sp³-hybridized carbons (Fsp3) is 0.106. The molecule has 0 aromatic heterocycles. The van der Waals surface area contributed by atoms with Crippen LogP contribution in [0.1, 0.15) is 118 Å². The molecule has 0 N–H and O–H groups in total. The molecular weight excluding hydrogens is 1320 g/mol. The van der Waals surface area contributed by atoms with Crippen molar-refractivity contribution in [1.82, 2.24) is 0 Å². The third-order valence-corrected chi connectivity index (χ3v) is 16.3. The quantitative estimate of drug-likeness (QED) is 0.0751. The average molecular weight is 1400 g/mol. The van der Waals surface area contributed by atoms with Crippen molar-refractivity contribution < 1.29 is 57.2 Å². The Bertz CT molecular complexity index is 4690. The maximum absolute atomic E-state index is 12.3. The van der Waals surface area contributed by atoms with Gasteiger partial charge in [0, 0.05) is 0 Å². The molecule has 0 aliphatic rings. The molecular formula is C94H82O12. The molecule has 0 amide bonds. The first-order valence-corrected chi connectivity index (χ1v) is 34.4. The lowest BCUT2D eigenvalue weighted by Crippen LogP contribution is -2.09. The zero-order valence-corrected chi connectivity index (χ0v) is 60.9. The van der Waals surface area contributed by atoms with E-state index in [2.05, 4.69) is 62.4 Å². The number of carbonyl (C=O) groups excluding carboxylic acids is 6. The SMILES string of the molecule is Cc1ccc(-c2ccc(C)cc2)cc1.Cc1ccc(C(=O)Oc2ccc(-c3ccc(OC(=O)c4ccc(C)cc4)cc3)cc2)cc1.Cc1ccc(C(=O)Oc2ccc(OC(=O)c3ccc(C)cc3)cc2)cc1.Cc1ccc(OC(=O)c2ccc(C)cc2)cc1.Cc1ccc(OC(=O)c2ccc(C)cc2)cc1. The number of aryl methyl sites for hydroxylation is 10. The molecule has 0 heterocycles. The minimum absolute atomic E-state index is 0.325. The molecule has 12 nitrogen and oxygen atoms in total. The Hall–Kier alpha value is -13.3. The smallest absolute Gasteiger partial charge is 0.343 e. The Morgan fingerprint density at radius 3 is 0.377 bits per heavy atom. The van der Waals surface area contributed by atoms with Crippen LogP contribution in [0.5, 0.6) is 34.5 Å². The van der Waals surface area contributed by atoms with Crippen LogP contribution < -0.4 is 28.4 Å². The summed E-state index contributed by atoms with van der Waals surface area (Å²) < 4.78 is 32.0. The molecule has 13 rings (SSSR count). The van der Waals surface area contributed by atoms with Crippen molar-refractivity contribution in [3.8, 4) is 56.8 Å². The molecule has 530 valence electrons. The number of benzene rings is 13. The summed E-state index contributed by atoms with van der Waals surface area (Å²) >= 11 is 0. The molecule has 0 unspecified atom stereocenters. The highest BCUT2D eigenvalue weighted by Crippen LogP contribution is 2.27. The van der Waals surface area contributed by atoms with E-state index in [0.717, 1.165) is 55.6 Å². The molecule has 0 saturated heterocycles. The van der Waals surface area contributed by atoms with E-state index < -0.39 is 23.9 Å². The third kappa shape index (κ3) is 24.5. The minimum Gasteiger partial charge on any atom is -0.423 e. The van der Waals surface area contributed by atoms with E-state index in [9.17, 15) is 28.8 Å². The van der Waals surface area contributed by atoms with Crippen molar-refractivity contribution in [2.24, 2.45) is 0 Å². The first kappa shape index (κ1) is 76.9. The van der Waals surface area contributed by atoms with Crippen molar-refractivity contribution in [2.75, 3.05) is 0 Å². The Morgan fingerprint density at radius 2 is 0.236 bits per heavy atom. The zero-order valence-electron chi connectivity index (χ0n) is 60.9. The van der Waals surface area contributed by atoms with Gasteiger partial charge in [0.15, 0.2) is 0 Å². The van der Waals surface area contributed by atoms with E-state index in [1.54, 1.807) is 146 Å². The average Bonchev–Trinajstić information content (AvgIpc) is 0.856. The van der Waals surface area contributed by atoms with Gasteiger partial charge >= 0.3 is 35.8 Å². The maximum Gasteiger partial charge on any atom is 0.343 e. The van der Waals surface area contributed by atoms with Gasteiger partial charge in [0.05, 0.1) is 33.4 Å². The fourth-order valence-electron chi connectivity index (χ4n) is 9.84. The molecule has 12 heteroatoms. The number of hydrogen-bond donors (Lipinski definition) is 0. The fourth-order valence-corrected chi connectivity index (χ4v) is 9.84. The number of ether oxygens (including phenoxy) is 6. The topological polar surface area (TPSA) is 158 Å². The molecule has 0 atom stereocenters. The molecule has 0 fully saturated rings. The molecule has 0 saturated carbocycles. The van der Waals surface area contributed by atoms with Crippen LogP contribution in [0.15, 0.2) is 315 Å². The molecule has 13 aromatic rings. The third-order valence-electron chi connectivity index (χ3n) is 16.3. The van der Waals surface area contributed by atoms with E-state index in [4.69, 9.17) is 28.4 Å². The Kier molecular flexibility index (Phi) is 27.6. The summed E-state index contributed by atoms with van der Waals surface area (Å²) in [5.74, 6) is 0.547. The lowest BCUT2D eigenvalue weighted by molar-refractivity contribution is 0.0719. The second-order valence-electron chi connectivity index (χ2n) is 25.4. The van der Waals surface area contributed by atoms with Crippen LogP contribution in [0.3, 0.4) is 0 Å². The van der Waals surface area contributed by atoms with Crippen LogP contribution in [-0.2, 0) is 0 Å². The van der Waals surface area contributed by atoms with Gasteiger partial charge in [0.2, 0.25) is 0 Å². The number of hydrogen-bond acceptors (Lipinski definition) is 12. The van der Waals surface area contributed by atoms with E-state index in [1.165, 1.54) is 22.3 Å². The van der Waals surface area contributed by atoms with Gasteiger partial charge in [-0.1, -0.05) is 225 Å². The van der Waals surface area contributed by atoms with Crippen molar-refractivity contribution >= 4 is 35.8 Å². The standard InChI is InChI=1S/C28H22O4.C22H18O4.2C15H14O2.C14H14/c1-19-3-7-23(8-4-19)27(29)31-25-15-11-21(12-16-25)22-13-17-26(18-14-22)32-28(30)24-9-5-20(2)6-10-24;1-15-3-7-17(8-4-15)21(23)25-19-11-13-20(14-12-19)26-22(24)18-9-5-16(2)6-10-18;2*1-11-3-7-13(8-4-11)15(16)17-14-9-5-12(2)6-10-14;1-11-3-7-13(8-4-11)14-9-5-12(2)6-10-14/h3-18H,1-2H3;3-14H,1-2H3;2*3-10H,1-2H3;3-10H,1-2H3. The summed E-state index contributed by atoms with van der Waals surface area (Å²) in [5.41, 5.74) is 19.0. The molecule has 0 aliphatic heterocycles. The van der Waals surface area contributed by atoms with Gasteiger partial charge in [0.1, 0.15) is 34.5 Å². The van der Waals surface area contributed by atoms with Crippen LogP contribution in [-0.4, -0.2) is 35.8 Å². The van der Waals surface area contributed by atoms with E-state index in [-0.39, 0.29) is 11.9 Å². The Morgan fingerprint density at radius 1 is 0.142 bits per heavy atom. The summed E-state index contributed by atoms with van der Waals surface area (Å²) in [6.45, 7) is 20.0. The molecule has 13 aromatic carbocycles. The van der Waals surface area contributed by atoms with Crippen LogP contribution in [0.2, 0.25) is 0 Å². The Balaban J connectivity index is 0.000000159. The lowest BCUT2D eigenvalue weighted by atomic mass is 10.0. The number of esters is 6. The van der Waals surface area contributed by atoms with Crippen LogP contribution >= 0.6 is 0 Å². The van der Waals surface area contributed by atoms with Gasteiger partial charge in [0.25, 0.3) is 0 Å². The van der Waals surface area contributed by atoms with Gasteiger partial charge in [-0.25, -0.2) is 28.8 Å². The normalized spacial score (nSPS) is 10.2. The van der Waals surface area contributed by atoms with Gasteiger partial charge < -0.3 is 28.4 Å². The lowest BCUT2D eigenvalue weighted by Gasteiger charge is -2.08. The highest BCUT2D eigenvalue weighted by molar-refractivity contribution is 5.94. The van der Waals surface area contributed by atoms with Crippen LogP contribution in [0, 0.1) is 69.2 Å². The monoisotopic (exact) mass is 1400 g/mol. The van der Waals surface area contributed by atoms with E-state index >= 15 is 0 Å². The largest absolute Gasteiger partial charge is 0.423 e. The zero-order chi connectivity index (χ0) is 75.5. The summed E-state index contributed by atoms with van der Waals surface area (Å²) in [7, 11) is 0. The molecule has 0 aliphatic carbocycles. The van der Waals surface area contributed by atoms with Crippen molar-refractivity contribution in [3.05, 3.63) is 404 Å². The molecule has 0 bridgehead atoms. The van der Waals surface area contributed by atoms with Crippen molar-refractivity contribution in [2.45, 2.75) is 69.2 Å². The van der Waals surface area contributed by atoms with E-state index in [1.807, 2.05) is 177 Å². The predicted octanol–water partition coefficient (Wildman–Crippen LogP) is 22.2. The number of rotatable bonds is 14.